The van der Waals surface area contributed by atoms with Gasteiger partial charge in [0.25, 0.3) is 5.22 Å². The van der Waals surface area contributed by atoms with Crippen LogP contribution in [-0.2, 0) is 10.0 Å². The van der Waals surface area contributed by atoms with E-state index >= 15 is 0 Å². The Labute approximate surface area is 172 Å². The van der Waals surface area contributed by atoms with Crippen LogP contribution in [0.5, 0.6) is 0 Å². The maximum atomic E-state index is 12.6. The summed E-state index contributed by atoms with van der Waals surface area (Å²) in [4.78, 5) is 16.6. The van der Waals surface area contributed by atoms with Crippen molar-refractivity contribution in [1.29, 1.82) is 0 Å². The fourth-order valence-corrected chi connectivity index (χ4v) is 5.15. The molecule has 0 saturated carbocycles. The van der Waals surface area contributed by atoms with E-state index in [1.54, 1.807) is 36.7 Å². The number of carbonyl (C=O) groups is 1. The highest BCUT2D eigenvalue weighted by molar-refractivity contribution is 7.99. The van der Waals surface area contributed by atoms with Crippen molar-refractivity contribution in [3.63, 3.8) is 0 Å². The maximum Gasteiger partial charge on any atom is 0.277 e. The van der Waals surface area contributed by atoms with Crippen molar-refractivity contribution in [3.05, 3.63) is 54.4 Å². The second kappa shape index (κ2) is 8.44. The summed E-state index contributed by atoms with van der Waals surface area (Å²) in [7, 11) is -3.48. The Bertz CT molecular complexity index is 1090. The number of ketones is 1. The molecular weight excluding hydrogens is 412 g/mol. The van der Waals surface area contributed by atoms with Crippen LogP contribution in [0, 0.1) is 0 Å². The van der Waals surface area contributed by atoms with E-state index in [9.17, 15) is 13.2 Å². The van der Waals surface area contributed by atoms with Crippen molar-refractivity contribution in [3.8, 4) is 11.5 Å². The van der Waals surface area contributed by atoms with Gasteiger partial charge >= 0.3 is 0 Å². The number of Topliss-reactive ketones (excluding diaryl/α,β-unsaturated/α-hetero) is 1. The van der Waals surface area contributed by atoms with Gasteiger partial charge in [-0.1, -0.05) is 23.9 Å². The third-order valence-corrected chi connectivity index (χ3v) is 7.25. The number of hydrogen-bond acceptors (Lipinski definition) is 8. The number of sulfonamides is 1. The summed E-state index contributed by atoms with van der Waals surface area (Å²) in [5, 5.41) is 8.17. The van der Waals surface area contributed by atoms with Crippen molar-refractivity contribution in [2.75, 3.05) is 18.8 Å². The molecule has 2 aromatic heterocycles. The zero-order valence-corrected chi connectivity index (χ0v) is 17.0. The molecule has 1 aromatic carbocycles. The van der Waals surface area contributed by atoms with Crippen LogP contribution >= 0.6 is 11.8 Å². The van der Waals surface area contributed by atoms with E-state index in [1.807, 2.05) is 0 Å². The molecule has 3 aromatic rings. The van der Waals surface area contributed by atoms with Gasteiger partial charge in [0, 0.05) is 31.0 Å². The van der Waals surface area contributed by atoms with Crippen LogP contribution in [0.2, 0.25) is 0 Å². The predicted molar refractivity (Wildman–Crippen MR) is 107 cm³/mol. The van der Waals surface area contributed by atoms with E-state index in [4.69, 9.17) is 4.42 Å². The molecule has 8 nitrogen and oxygen atoms in total. The van der Waals surface area contributed by atoms with Crippen LogP contribution in [0.3, 0.4) is 0 Å². The highest BCUT2D eigenvalue weighted by Crippen LogP contribution is 2.24. The molecule has 0 bridgehead atoms. The Hall–Kier alpha value is -2.56. The van der Waals surface area contributed by atoms with Crippen LogP contribution in [0.4, 0.5) is 0 Å². The zero-order chi connectivity index (χ0) is 20.3. The fraction of sp³-hybridized carbons (Fsp3) is 0.263. The number of benzene rings is 1. The van der Waals surface area contributed by atoms with Crippen molar-refractivity contribution in [1.82, 2.24) is 19.5 Å². The van der Waals surface area contributed by atoms with Crippen molar-refractivity contribution in [2.45, 2.75) is 23.0 Å². The van der Waals surface area contributed by atoms with Gasteiger partial charge in [-0.15, -0.1) is 10.2 Å². The van der Waals surface area contributed by atoms with Crippen LogP contribution in [0.15, 0.2) is 63.3 Å². The summed E-state index contributed by atoms with van der Waals surface area (Å²) in [5.41, 5.74) is 1.14. The molecule has 150 valence electrons. The van der Waals surface area contributed by atoms with Crippen molar-refractivity contribution < 1.29 is 17.6 Å². The van der Waals surface area contributed by atoms with Crippen LogP contribution < -0.4 is 0 Å². The van der Waals surface area contributed by atoms with E-state index in [1.165, 1.54) is 16.4 Å². The average molecular weight is 431 g/mol. The monoisotopic (exact) mass is 430 g/mol. The highest BCUT2D eigenvalue weighted by Gasteiger charge is 2.27. The van der Waals surface area contributed by atoms with Gasteiger partial charge < -0.3 is 4.42 Å². The number of thioether (sulfide) groups is 1. The largest absolute Gasteiger partial charge is 0.411 e. The first-order chi connectivity index (χ1) is 14.0. The van der Waals surface area contributed by atoms with Crippen molar-refractivity contribution >= 4 is 27.6 Å². The highest BCUT2D eigenvalue weighted by atomic mass is 32.2. The van der Waals surface area contributed by atoms with Gasteiger partial charge in [0.2, 0.25) is 15.9 Å². The Kier molecular flexibility index (Phi) is 5.74. The lowest BCUT2D eigenvalue weighted by Gasteiger charge is -2.15. The molecule has 0 aliphatic carbocycles. The van der Waals surface area contributed by atoms with Crippen LogP contribution in [0.25, 0.3) is 11.5 Å². The van der Waals surface area contributed by atoms with E-state index < -0.39 is 10.0 Å². The van der Waals surface area contributed by atoms with E-state index in [0.29, 0.717) is 30.1 Å². The Morgan fingerprint density at radius 1 is 1.10 bits per heavy atom. The first-order valence-electron chi connectivity index (χ1n) is 9.04. The number of carbonyl (C=O) groups excluding carboxylic acids is 1. The molecule has 4 rings (SSSR count). The van der Waals surface area contributed by atoms with Gasteiger partial charge in [0.05, 0.1) is 16.2 Å². The molecule has 0 amide bonds. The first kappa shape index (κ1) is 19.7. The van der Waals surface area contributed by atoms with E-state index in [0.717, 1.165) is 24.6 Å². The third-order valence-electron chi connectivity index (χ3n) is 4.52. The molecule has 1 saturated heterocycles. The Morgan fingerprint density at radius 3 is 2.55 bits per heavy atom. The van der Waals surface area contributed by atoms with Gasteiger partial charge in [-0.3, -0.25) is 9.78 Å². The summed E-state index contributed by atoms with van der Waals surface area (Å²) in [6.45, 7) is 1.09. The quantitative estimate of drug-likeness (QED) is 0.416. The lowest BCUT2D eigenvalue weighted by molar-refractivity contribution is 0.102. The molecular formula is C19H18N4O4S2. The molecule has 1 aliphatic heterocycles. The van der Waals surface area contributed by atoms with E-state index in [-0.39, 0.29) is 21.7 Å². The summed E-state index contributed by atoms with van der Waals surface area (Å²) >= 11 is 1.13. The number of nitrogens with zero attached hydrogens (tertiary/aromatic N) is 4. The molecule has 3 heterocycles. The van der Waals surface area contributed by atoms with Gasteiger partial charge in [-0.05, 0) is 37.1 Å². The predicted octanol–water partition coefficient (Wildman–Crippen LogP) is 2.89. The minimum Gasteiger partial charge on any atom is -0.411 e. The standard InChI is InChI=1S/C19H18N4O4S2/c24-17(13-28-19-22-21-18(27-19)15-4-3-9-20-12-15)14-5-7-16(8-6-14)29(25,26)23-10-1-2-11-23/h3-9,12H,1-2,10-11,13H2. The first-order valence-corrected chi connectivity index (χ1v) is 11.5. The molecule has 1 fully saturated rings. The van der Waals surface area contributed by atoms with Gasteiger partial charge in [-0.2, -0.15) is 4.31 Å². The summed E-state index contributed by atoms with van der Waals surface area (Å²) in [5.74, 6) is 0.290. The number of hydrogen-bond donors (Lipinski definition) is 0. The second-order valence-electron chi connectivity index (χ2n) is 6.46. The smallest absolute Gasteiger partial charge is 0.277 e. The fourth-order valence-electron chi connectivity index (χ4n) is 2.97. The molecule has 10 heteroatoms. The molecule has 0 spiro atoms. The van der Waals surface area contributed by atoms with Gasteiger partial charge in [0.15, 0.2) is 5.78 Å². The van der Waals surface area contributed by atoms with Gasteiger partial charge in [0.1, 0.15) is 0 Å². The molecule has 0 atom stereocenters. The summed E-state index contributed by atoms with van der Waals surface area (Å²) in [6.07, 6.45) is 5.02. The van der Waals surface area contributed by atoms with Crippen LogP contribution in [-0.4, -0.2) is 52.5 Å². The molecule has 0 unspecified atom stereocenters. The Morgan fingerprint density at radius 2 is 1.86 bits per heavy atom. The zero-order valence-electron chi connectivity index (χ0n) is 15.4. The molecule has 1 aliphatic rings. The normalized spacial score (nSPS) is 14.9. The molecule has 29 heavy (non-hydrogen) atoms. The minimum absolute atomic E-state index is 0.104. The number of pyridine rings is 1. The minimum atomic E-state index is -3.48. The SMILES string of the molecule is O=C(CSc1nnc(-c2cccnc2)o1)c1ccc(S(=O)(=O)N2CCCC2)cc1. The summed E-state index contributed by atoms with van der Waals surface area (Å²) in [6, 6.07) is 9.63. The Balaban J connectivity index is 1.38. The lowest BCUT2D eigenvalue weighted by Crippen LogP contribution is -2.27. The lowest BCUT2D eigenvalue weighted by atomic mass is 10.1. The average Bonchev–Trinajstić information content (AvgIpc) is 3.45. The topological polar surface area (TPSA) is 106 Å². The second-order valence-corrected chi connectivity index (χ2v) is 9.33. The van der Waals surface area contributed by atoms with Crippen molar-refractivity contribution in [2.24, 2.45) is 0 Å². The summed E-state index contributed by atoms with van der Waals surface area (Å²) < 4.78 is 32.1. The molecule has 0 N–H and O–H groups in total. The third kappa shape index (κ3) is 4.39. The van der Waals surface area contributed by atoms with E-state index in [2.05, 4.69) is 15.2 Å². The van der Waals surface area contributed by atoms with Crippen LogP contribution in [0.1, 0.15) is 23.2 Å². The van der Waals surface area contributed by atoms with Gasteiger partial charge in [-0.25, -0.2) is 8.42 Å². The number of rotatable bonds is 7. The number of aromatic nitrogens is 3. The maximum absolute atomic E-state index is 12.6. The molecule has 0 radical (unpaired) electrons.